The molecule has 0 bridgehead atoms. The fourth-order valence-corrected chi connectivity index (χ4v) is 3.18. The first-order valence-electron chi connectivity index (χ1n) is 8.56. The standard InChI is InChI=1S/C20H19N5O2/c1-11-9-12(2)22-20(21-11)25-19-18(13(3)24-25)17(26)10-16(23-19)14-5-7-15(27-4)8-6-14/h5-10H,1-4H3,(H,23,26). The molecule has 0 atom stereocenters. The molecular weight excluding hydrogens is 342 g/mol. The normalized spacial score (nSPS) is 11.1. The number of hydrogen-bond donors (Lipinski definition) is 1. The number of aryl methyl sites for hydroxylation is 3. The average molecular weight is 361 g/mol. The van der Waals surface area contributed by atoms with E-state index in [2.05, 4.69) is 20.1 Å². The van der Waals surface area contributed by atoms with E-state index in [4.69, 9.17) is 4.74 Å². The lowest BCUT2D eigenvalue weighted by Crippen LogP contribution is -2.08. The molecule has 0 unspecified atom stereocenters. The van der Waals surface area contributed by atoms with E-state index in [9.17, 15) is 4.79 Å². The molecule has 3 heterocycles. The second-order valence-electron chi connectivity index (χ2n) is 6.45. The SMILES string of the molecule is COc1ccc(-c2cc(=O)c3c(C)nn(-c4nc(C)cc(C)n4)c3[nH]2)cc1. The van der Waals surface area contributed by atoms with Crippen molar-refractivity contribution < 1.29 is 4.74 Å². The van der Waals surface area contributed by atoms with Gasteiger partial charge in [0.05, 0.1) is 23.9 Å². The predicted octanol–water partition coefficient (Wildman–Crippen LogP) is 3.10. The topological polar surface area (TPSA) is 85.7 Å². The van der Waals surface area contributed by atoms with E-state index in [1.54, 1.807) is 17.9 Å². The zero-order valence-electron chi connectivity index (χ0n) is 15.6. The van der Waals surface area contributed by atoms with Crippen LogP contribution in [0.5, 0.6) is 5.75 Å². The monoisotopic (exact) mass is 361 g/mol. The van der Waals surface area contributed by atoms with Crippen LogP contribution >= 0.6 is 0 Å². The van der Waals surface area contributed by atoms with Crippen molar-refractivity contribution in [3.63, 3.8) is 0 Å². The molecule has 0 aliphatic heterocycles. The Morgan fingerprint density at radius 3 is 2.30 bits per heavy atom. The van der Waals surface area contributed by atoms with E-state index >= 15 is 0 Å². The van der Waals surface area contributed by atoms with Gasteiger partial charge in [-0.3, -0.25) is 4.79 Å². The number of nitrogens with zero attached hydrogens (tertiary/aromatic N) is 4. The summed E-state index contributed by atoms with van der Waals surface area (Å²) in [4.78, 5) is 25.0. The Morgan fingerprint density at radius 1 is 1.00 bits per heavy atom. The van der Waals surface area contributed by atoms with Crippen LogP contribution in [0.2, 0.25) is 0 Å². The van der Waals surface area contributed by atoms with Crippen molar-refractivity contribution in [1.29, 1.82) is 0 Å². The summed E-state index contributed by atoms with van der Waals surface area (Å²) in [5, 5.41) is 5.04. The average Bonchev–Trinajstić information content (AvgIpc) is 2.98. The van der Waals surface area contributed by atoms with Crippen LogP contribution in [-0.4, -0.2) is 31.8 Å². The number of methoxy groups -OCH3 is 1. The van der Waals surface area contributed by atoms with Gasteiger partial charge in [0, 0.05) is 17.5 Å². The van der Waals surface area contributed by atoms with Crippen LogP contribution in [0.4, 0.5) is 0 Å². The Kier molecular flexibility index (Phi) is 3.99. The highest BCUT2D eigenvalue weighted by atomic mass is 16.5. The summed E-state index contributed by atoms with van der Waals surface area (Å²) < 4.78 is 6.80. The Balaban J connectivity index is 1.96. The number of fused-ring (bicyclic) bond motifs is 1. The molecule has 0 radical (unpaired) electrons. The van der Waals surface area contributed by atoms with Crippen LogP contribution in [0.3, 0.4) is 0 Å². The smallest absolute Gasteiger partial charge is 0.252 e. The number of aromatic nitrogens is 5. The molecule has 4 rings (SSSR count). The Bertz CT molecular complexity index is 1190. The van der Waals surface area contributed by atoms with Crippen molar-refractivity contribution >= 4 is 11.0 Å². The second kappa shape index (κ2) is 6.35. The molecule has 0 aliphatic rings. The molecule has 0 spiro atoms. The number of nitrogens with one attached hydrogen (secondary N) is 1. The maximum Gasteiger partial charge on any atom is 0.252 e. The number of ether oxygens (including phenoxy) is 1. The van der Waals surface area contributed by atoms with Crippen LogP contribution < -0.4 is 10.2 Å². The first kappa shape index (κ1) is 17.0. The molecule has 136 valence electrons. The molecule has 0 amide bonds. The van der Waals surface area contributed by atoms with Gasteiger partial charge in [-0.1, -0.05) is 0 Å². The van der Waals surface area contributed by atoms with E-state index in [1.807, 2.05) is 51.1 Å². The number of benzene rings is 1. The van der Waals surface area contributed by atoms with E-state index in [0.29, 0.717) is 28.4 Å². The van der Waals surface area contributed by atoms with Gasteiger partial charge in [0.2, 0.25) is 0 Å². The summed E-state index contributed by atoms with van der Waals surface area (Å²) in [6.45, 7) is 5.62. The first-order chi connectivity index (χ1) is 13.0. The zero-order valence-corrected chi connectivity index (χ0v) is 15.6. The van der Waals surface area contributed by atoms with E-state index in [-0.39, 0.29) is 5.43 Å². The molecule has 3 aromatic heterocycles. The molecule has 0 saturated carbocycles. The molecular formula is C20H19N5O2. The number of H-pyrrole nitrogens is 1. The Hall–Kier alpha value is -3.48. The minimum absolute atomic E-state index is 0.0947. The third-order valence-electron chi connectivity index (χ3n) is 4.40. The molecule has 0 fully saturated rings. The van der Waals surface area contributed by atoms with Gasteiger partial charge in [0.15, 0.2) is 5.43 Å². The van der Waals surface area contributed by atoms with Crippen LogP contribution in [0, 0.1) is 20.8 Å². The summed E-state index contributed by atoms with van der Waals surface area (Å²) in [7, 11) is 1.62. The van der Waals surface area contributed by atoms with Crippen LogP contribution in [-0.2, 0) is 0 Å². The van der Waals surface area contributed by atoms with Gasteiger partial charge >= 0.3 is 0 Å². The molecule has 4 aromatic rings. The molecule has 1 N–H and O–H groups in total. The van der Waals surface area contributed by atoms with Crippen LogP contribution in [0.1, 0.15) is 17.1 Å². The maximum absolute atomic E-state index is 12.8. The summed E-state index contributed by atoms with van der Waals surface area (Å²) in [6.07, 6.45) is 0. The number of pyridine rings is 1. The van der Waals surface area contributed by atoms with Crippen molar-refractivity contribution in [1.82, 2.24) is 24.7 Å². The summed E-state index contributed by atoms with van der Waals surface area (Å²) in [5.41, 5.74) is 4.37. The van der Waals surface area contributed by atoms with Gasteiger partial charge in [-0.2, -0.15) is 9.78 Å². The highest BCUT2D eigenvalue weighted by molar-refractivity contribution is 5.82. The number of rotatable bonds is 3. The summed E-state index contributed by atoms with van der Waals surface area (Å²) >= 11 is 0. The van der Waals surface area contributed by atoms with Crippen molar-refractivity contribution in [2.24, 2.45) is 0 Å². The lowest BCUT2D eigenvalue weighted by atomic mass is 10.1. The van der Waals surface area contributed by atoms with Crippen molar-refractivity contribution in [2.75, 3.05) is 7.11 Å². The van der Waals surface area contributed by atoms with Crippen molar-refractivity contribution in [3.8, 4) is 23.0 Å². The lowest BCUT2D eigenvalue weighted by molar-refractivity contribution is 0.415. The largest absolute Gasteiger partial charge is 0.497 e. The number of hydrogen-bond acceptors (Lipinski definition) is 5. The van der Waals surface area contributed by atoms with E-state index in [1.165, 1.54) is 0 Å². The molecule has 1 aromatic carbocycles. The molecule has 7 heteroatoms. The Morgan fingerprint density at radius 2 is 1.67 bits per heavy atom. The van der Waals surface area contributed by atoms with Gasteiger partial charge in [-0.15, -0.1) is 0 Å². The molecule has 0 saturated heterocycles. The van der Waals surface area contributed by atoms with Gasteiger partial charge in [0.1, 0.15) is 11.4 Å². The third-order valence-corrected chi connectivity index (χ3v) is 4.40. The fourth-order valence-electron chi connectivity index (χ4n) is 3.18. The van der Waals surface area contributed by atoms with Crippen LogP contribution in [0.25, 0.3) is 28.2 Å². The highest BCUT2D eigenvalue weighted by Gasteiger charge is 2.16. The lowest BCUT2D eigenvalue weighted by Gasteiger charge is -2.07. The summed E-state index contributed by atoms with van der Waals surface area (Å²) in [5.74, 6) is 1.19. The van der Waals surface area contributed by atoms with Gasteiger partial charge in [-0.05, 0) is 56.7 Å². The quantitative estimate of drug-likeness (QED) is 0.606. The fraction of sp³-hybridized carbons (Fsp3) is 0.200. The second-order valence-corrected chi connectivity index (χ2v) is 6.45. The third kappa shape index (κ3) is 2.97. The maximum atomic E-state index is 12.8. The minimum atomic E-state index is -0.0947. The summed E-state index contributed by atoms with van der Waals surface area (Å²) in [6, 6.07) is 11.0. The highest BCUT2D eigenvalue weighted by Crippen LogP contribution is 2.23. The van der Waals surface area contributed by atoms with Gasteiger partial charge < -0.3 is 9.72 Å². The van der Waals surface area contributed by atoms with Gasteiger partial charge in [-0.25, -0.2) is 9.97 Å². The van der Waals surface area contributed by atoms with Gasteiger partial charge in [0.25, 0.3) is 5.95 Å². The number of aromatic amines is 1. The molecule has 27 heavy (non-hydrogen) atoms. The molecule has 0 aliphatic carbocycles. The molecule has 7 nitrogen and oxygen atoms in total. The van der Waals surface area contributed by atoms with Crippen LogP contribution in [0.15, 0.2) is 41.2 Å². The van der Waals surface area contributed by atoms with Crippen molar-refractivity contribution in [3.05, 3.63) is 63.7 Å². The Labute approximate surface area is 155 Å². The minimum Gasteiger partial charge on any atom is -0.497 e. The first-order valence-corrected chi connectivity index (χ1v) is 8.56. The van der Waals surface area contributed by atoms with E-state index < -0.39 is 0 Å². The predicted molar refractivity (Wildman–Crippen MR) is 103 cm³/mol. The zero-order chi connectivity index (χ0) is 19.1. The van der Waals surface area contributed by atoms with Crippen molar-refractivity contribution in [2.45, 2.75) is 20.8 Å². The van der Waals surface area contributed by atoms with E-state index in [0.717, 1.165) is 22.7 Å².